The second-order valence-corrected chi connectivity index (χ2v) is 6.15. The molecule has 0 saturated heterocycles. The Labute approximate surface area is 119 Å². The van der Waals surface area contributed by atoms with Gasteiger partial charge in [-0.3, -0.25) is 0 Å². The number of nitrogens with one attached hydrogen (secondary N) is 1. The third-order valence-corrected chi connectivity index (χ3v) is 3.64. The maximum Gasteiger partial charge on any atom is 0.00703 e. The Morgan fingerprint density at radius 1 is 1.11 bits per heavy atom. The fourth-order valence-corrected chi connectivity index (χ4v) is 2.44. The zero-order chi connectivity index (χ0) is 14.1. The topological polar surface area (TPSA) is 12.0 Å². The fourth-order valence-electron chi connectivity index (χ4n) is 2.44. The van der Waals surface area contributed by atoms with Crippen LogP contribution in [0.25, 0.3) is 0 Å². The van der Waals surface area contributed by atoms with Gasteiger partial charge in [0.05, 0.1) is 0 Å². The van der Waals surface area contributed by atoms with Gasteiger partial charge in [0.25, 0.3) is 0 Å². The van der Waals surface area contributed by atoms with Crippen molar-refractivity contribution in [3.8, 4) is 0 Å². The second kappa shape index (κ2) is 9.14. The Hall–Kier alpha value is -0.820. The highest BCUT2D eigenvalue weighted by atomic mass is 14.9. The average molecular weight is 261 g/mol. The van der Waals surface area contributed by atoms with E-state index in [1.165, 1.54) is 43.2 Å². The Bertz CT molecular complexity index is 343. The molecule has 1 N–H and O–H groups in total. The smallest absolute Gasteiger partial charge is 0.00703 e. The first-order valence-corrected chi connectivity index (χ1v) is 7.90. The lowest BCUT2D eigenvalue weighted by Crippen LogP contribution is -2.30. The van der Waals surface area contributed by atoms with Crippen LogP contribution < -0.4 is 5.32 Å². The number of rotatable bonds is 9. The van der Waals surface area contributed by atoms with Crippen LogP contribution >= 0.6 is 0 Å². The molecule has 1 unspecified atom stereocenters. The van der Waals surface area contributed by atoms with Crippen molar-refractivity contribution in [3.63, 3.8) is 0 Å². The van der Waals surface area contributed by atoms with Gasteiger partial charge in [-0.15, -0.1) is 0 Å². The summed E-state index contributed by atoms with van der Waals surface area (Å²) < 4.78 is 0. The normalized spacial score (nSPS) is 12.9. The van der Waals surface area contributed by atoms with E-state index in [1.807, 2.05) is 0 Å². The molecular formula is C18H31N. The van der Waals surface area contributed by atoms with E-state index in [0.717, 1.165) is 12.5 Å². The van der Waals surface area contributed by atoms with Crippen LogP contribution in [0.3, 0.4) is 0 Å². The zero-order valence-electron chi connectivity index (χ0n) is 13.2. The highest BCUT2D eigenvalue weighted by Crippen LogP contribution is 2.13. The summed E-state index contributed by atoms with van der Waals surface area (Å²) in [6.45, 7) is 10.2. The molecule has 1 rings (SSSR count). The minimum absolute atomic E-state index is 0.683. The molecule has 0 aliphatic rings. The van der Waals surface area contributed by atoms with Crippen LogP contribution in [0.15, 0.2) is 24.3 Å². The van der Waals surface area contributed by atoms with Gasteiger partial charge < -0.3 is 5.32 Å². The second-order valence-electron chi connectivity index (χ2n) is 6.15. The van der Waals surface area contributed by atoms with E-state index in [9.17, 15) is 0 Å². The van der Waals surface area contributed by atoms with Crippen molar-refractivity contribution >= 4 is 0 Å². The van der Waals surface area contributed by atoms with Gasteiger partial charge in [-0.05, 0) is 57.1 Å². The largest absolute Gasteiger partial charge is 0.314 e. The summed E-state index contributed by atoms with van der Waals surface area (Å²) in [5.41, 5.74) is 2.85. The predicted octanol–water partition coefficient (Wildman–Crippen LogP) is 4.73. The molecule has 0 aliphatic heterocycles. The maximum absolute atomic E-state index is 3.71. The molecule has 0 heterocycles. The number of aryl methyl sites for hydroxylation is 2. The lowest BCUT2D eigenvalue weighted by atomic mass is 9.97. The summed E-state index contributed by atoms with van der Waals surface area (Å²) in [7, 11) is 0. The lowest BCUT2D eigenvalue weighted by molar-refractivity contribution is 0.410. The quantitative estimate of drug-likeness (QED) is 0.677. The van der Waals surface area contributed by atoms with Crippen LogP contribution in [0.2, 0.25) is 0 Å². The lowest BCUT2D eigenvalue weighted by Gasteiger charge is -2.19. The summed E-state index contributed by atoms with van der Waals surface area (Å²) >= 11 is 0. The van der Waals surface area contributed by atoms with Crippen LogP contribution in [0.4, 0.5) is 0 Å². The zero-order valence-corrected chi connectivity index (χ0v) is 13.2. The SMILES string of the molecule is CCCNC(CCc1cccc(C)c1)CCC(C)C. The van der Waals surface area contributed by atoms with Gasteiger partial charge >= 0.3 is 0 Å². The van der Waals surface area contributed by atoms with Crippen molar-refractivity contribution in [3.05, 3.63) is 35.4 Å². The third kappa shape index (κ3) is 7.37. The predicted molar refractivity (Wildman–Crippen MR) is 85.7 cm³/mol. The van der Waals surface area contributed by atoms with Gasteiger partial charge in [-0.2, -0.15) is 0 Å². The highest BCUT2D eigenvalue weighted by molar-refractivity contribution is 5.22. The van der Waals surface area contributed by atoms with Crippen LogP contribution in [-0.4, -0.2) is 12.6 Å². The van der Waals surface area contributed by atoms with Crippen LogP contribution in [0.5, 0.6) is 0 Å². The van der Waals surface area contributed by atoms with Crippen LogP contribution in [0.1, 0.15) is 57.6 Å². The molecule has 0 saturated carbocycles. The van der Waals surface area contributed by atoms with E-state index in [2.05, 4.69) is 57.3 Å². The van der Waals surface area contributed by atoms with E-state index in [1.54, 1.807) is 0 Å². The first-order valence-electron chi connectivity index (χ1n) is 7.90. The molecule has 0 amide bonds. The number of benzene rings is 1. The maximum atomic E-state index is 3.71. The molecule has 1 atom stereocenters. The Morgan fingerprint density at radius 2 is 1.89 bits per heavy atom. The van der Waals surface area contributed by atoms with Crippen LogP contribution in [0, 0.1) is 12.8 Å². The summed E-state index contributed by atoms with van der Waals surface area (Å²) in [6.07, 6.45) is 6.32. The van der Waals surface area contributed by atoms with E-state index in [0.29, 0.717) is 6.04 Å². The molecule has 1 aromatic carbocycles. The molecule has 19 heavy (non-hydrogen) atoms. The fraction of sp³-hybridized carbons (Fsp3) is 0.667. The van der Waals surface area contributed by atoms with Gasteiger partial charge in [-0.1, -0.05) is 50.6 Å². The van der Waals surface area contributed by atoms with Gasteiger partial charge in [0, 0.05) is 6.04 Å². The van der Waals surface area contributed by atoms with Crippen LogP contribution in [-0.2, 0) is 6.42 Å². The summed E-state index contributed by atoms with van der Waals surface area (Å²) in [5.74, 6) is 0.810. The average Bonchev–Trinajstić information content (AvgIpc) is 2.37. The Kier molecular flexibility index (Phi) is 7.81. The van der Waals surface area contributed by atoms with Crippen molar-refractivity contribution in [2.24, 2.45) is 5.92 Å². The molecule has 0 aliphatic carbocycles. The molecular weight excluding hydrogens is 230 g/mol. The van der Waals surface area contributed by atoms with Crippen molar-refractivity contribution in [1.82, 2.24) is 5.32 Å². The Balaban J connectivity index is 2.42. The molecule has 1 nitrogen and oxygen atoms in total. The van der Waals surface area contributed by atoms with Crippen molar-refractivity contribution < 1.29 is 0 Å². The minimum atomic E-state index is 0.683. The van der Waals surface area contributed by atoms with E-state index in [4.69, 9.17) is 0 Å². The van der Waals surface area contributed by atoms with Gasteiger partial charge in [0.1, 0.15) is 0 Å². The summed E-state index contributed by atoms with van der Waals surface area (Å²) in [4.78, 5) is 0. The highest BCUT2D eigenvalue weighted by Gasteiger charge is 2.09. The monoisotopic (exact) mass is 261 g/mol. The first kappa shape index (κ1) is 16.2. The van der Waals surface area contributed by atoms with Crippen molar-refractivity contribution in [1.29, 1.82) is 0 Å². The van der Waals surface area contributed by atoms with E-state index >= 15 is 0 Å². The minimum Gasteiger partial charge on any atom is -0.314 e. The molecule has 1 aromatic rings. The van der Waals surface area contributed by atoms with Gasteiger partial charge in [0.15, 0.2) is 0 Å². The van der Waals surface area contributed by atoms with Crippen molar-refractivity contribution in [2.45, 2.75) is 65.8 Å². The van der Waals surface area contributed by atoms with E-state index < -0.39 is 0 Å². The number of hydrogen-bond acceptors (Lipinski definition) is 1. The molecule has 1 heteroatoms. The van der Waals surface area contributed by atoms with Gasteiger partial charge in [-0.25, -0.2) is 0 Å². The van der Waals surface area contributed by atoms with E-state index in [-0.39, 0.29) is 0 Å². The molecule has 0 bridgehead atoms. The Morgan fingerprint density at radius 3 is 2.53 bits per heavy atom. The molecule has 0 fully saturated rings. The molecule has 0 spiro atoms. The molecule has 0 aromatic heterocycles. The number of hydrogen-bond donors (Lipinski definition) is 1. The van der Waals surface area contributed by atoms with Crippen molar-refractivity contribution in [2.75, 3.05) is 6.54 Å². The summed E-state index contributed by atoms with van der Waals surface area (Å²) in [5, 5.41) is 3.71. The van der Waals surface area contributed by atoms with Gasteiger partial charge in [0.2, 0.25) is 0 Å². The first-order chi connectivity index (χ1) is 9.11. The summed E-state index contributed by atoms with van der Waals surface area (Å²) in [6, 6.07) is 9.61. The standard InChI is InChI=1S/C18H31N/c1-5-13-19-18(11-9-15(2)3)12-10-17-8-6-7-16(4)14-17/h6-8,14-15,18-19H,5,9-13H2,1-4H3. The third-order valence-electron chi connectivity index (χ3n) is 3.64. The molecule has 108 valence electrons. The molecule has 0 radical (unpaired) electrons.